The number of thiazole rings is 1. The molecule has 0 saturated carbocycles. The molecule has 2 aromatic carbocycles. The van der Waals surface area contributed by atoms with Gasteiger partial charge in [0.25, 0.3) is 11.8 Å². The zero-order valence-corrected chi connectivity index (χ0v) is 18.9. The number of rotatable bonds is 5. The van der Waals surface area contributed by atoms with Crippen molar-refractivity contribution < 1.29 is 14.3 Å². The second-order valence-corrected chi connectivity index (χ2v) is 9.41. The molecule has 0 spiro atoms. The lowest BCUT2D eigenvalue weighted by Gasteiger charge is -2.13. The topological polar surface area (TPSA) is 71.5 Å². The summed E-state index contributed by atoms with van der Waals surface area (Å²) in [5, 5.41) is 6.95. The second kappa shape index (κ2) is 8.22. The van der Waals surface area contributed by atoms with Crippen LogP contribution in [0.3, 0.4) is 0 Å². The molecule has 1 N–H and O–H groups in total. The number of thiophene rings is 1. The van der Waals surface area contributed by atoms with Gasteiger partial charge in [-0.05, 0) is 36.6 Å². The molecule has 0 aliphatic rings. The third kappa shape index (κ3) is 3.98. The summed E-state index contributed by atoms with van der Waals surface area (Å²) in [6.45, 7) is 1.82. The SMILES string of the molecule is Cc1nc2c(cc(OCC(=O)Nc3ccc(C(=O)N(C)C)c(Cl)c3)c3ccsc32)s1. The first-order chi connectivity index (χ1) is 14.3. The summed E-state index contributed by atoms with van der Waals surface area (Å²) < 4.78 is 7.92. The third-order valence-electron chi connectivity index (χ3n) is 4.42. The maximum Gasteiger partial charge on any atom is 0.262 e. The van der Waals surface area contributed by atoms with Gasteiger partial charge in [-0.2, -0.15) is 0 Å². The quantitative estimate of drug-likeness (QED) is 0.445. The Morgan fingerprint density at radius 2 is 2.03 bits per heavy atom. The molecular formula is C21H18ClN3O3S2. The maximum atomic E-state index is 12.4. The van der Waals surface area contributed by atoms with Crippen molar-refractivity contribution in [1.29, 1.82) is 0 Å². The molecule has 2 heterocycles. The van der Waals surface area contributed by atoms with E-state index in [1.807, 2.05) is 24.4 Å². The summed E-state index contributed by atoms with van der Waals surface area (Å²) in [6.07, 6.45) is 0. The average Bonchev–Trinajstić information content (AvgIpc) is 3.31. The lowest BCUT2D eigenvalue weighted by Crippen LogP contribution is -2.22. The molecule has 2 aromatic heterocycles. The normalized spacial score (nSPS) is 11.1. The molecule has 0 bridgehead atoms. The molecule has 2 amide bonds. The summed E-state index contributed by atoms with van der Waals surface area (Å²) in [5.41, 5.74) is 1.85. The van der Waals surface area contributed by atoms with Crippen LogP contribution in [-0.4, -0.2) is 42.4 Å². The minimum absolute atomic E-state index is 0.149. The molecule has 0 atom stereocenters. The molecule has 4 rings (SSSR count). The fourth-order valence-corrected chi connectivity index (χ4v) is 5.15. The van der Waals surface area contributed by atoms with Crippen LogP contribution in [0.4, 0.5) is 5.69 Å². The van der Waals surface area contributed by atoms with Gasteiger partial charge < -0.3 is 15.0 Å². The van der Waals surface area contributed by atoms with Crippen LogP contribution in [0.25, 0.3) is 20.3 Å². The highest BCUT2D eigenvalue weighted by atomic mass is 35.5. The Kier molecular flexibility index (Phi) is 5.64. The number of anilines is 1. The highest BCUT2D eigenvalue weighted by Gasteiger charge is 2.15. The summed E-state index contributed by atoms with van der Waals surface area (Å²) in [7, 11) is 3.31. The smallest absolute Gasteiger partial charge is 0.262 e. The van der Waals surface area contributed by atoms with Crippen LogP contribution in [0.15, 0.2) is 35.7 Å². The summed E-state index contributed by atoms with van der Waals surface area (Å²) in [5.74, 6) is 0.138. The van der Waals surface area contributed by atoms with Crippen molar-refractivity contribution in [3.05, 3.63) is 51.3 Å². The number of hydrogen-bond donors (Lipinski definition) is 1. The van der Waals surface area contributed by atoms with Gasteiger partial charge >= 0.3 is 0 Å². The van der Waals surface area contributed by atoms with Crippen molar-refractivity contribution in [2.24, 2.45) is 0 Å². The van der Waals surface area contributed by atoms with Crippen molar-refractivity contribution >= 4 is 72.1 Å². The van der Waals surface area contributed by atoms with Gasteiger partial charge in [0, 0.05) is 31.2 Å². The van der Waals surface area contributed by atoms with Crippen molar-refractivity contribution in [1.82, 2.24) is 9.88 Å². The Hall–Kier alpha value is -2.68. The third-order valence-corrected chi connectivity index (χ3v) is 6.57. The fourth-order valence-electron chi connectivity index (χ4n) is 3.05. The van der Waals surface area contributed by atoms with Gasteiger partial charge in [-0.1, -0.05) is 11.6 Å². The zero-order chi connectivity index (χ0) is 21.4. The van der Waals surface area contributed by atoms with Crippen molar-refractivity contribution in [3.63, 3.8) is 0 Å². The number of nitrogens with one attached hydrogen (secondary N) is 1. The number of carbonyl (C=O) groups is 2. The number of ether oxygens (including phenoxy) is 1. The highest BCUT2D eigenvalue weighted by Crippen LogP contribution is 2.38. The summed E-state index contributed by atoms with van der Waals surface area (Å²) in [6, 6.07) is 8.70. The minimum atomic E-state index is -0.318. The van der Waals surface area contributed by atoms with Crippen molar-refractivity contribution in [2.45, 2.75) is 6.92 Å². The maximum absolute atomic E-state index is 12.4. The molecule has 4 aromatic rings. The standard InChI is InChI=1S/C21H18ClN3O3S2/c1-11-23-19-17(30-11)9-16(14-6-7-29-20(14)19)28-10-18(26)24-12-4-5-13(15(22)8-12)21(27)25(2)3/h4-9H,10H2,1-3H3,(H,24,26). The molecule has 0 unspecified atom stereocenters. The Labute approximate surface area is 186 Å². The largest absolute Gasteiger partial charge is 0.483 e. The average molecular weight is 460 g/mol. The van der Waals surface area contributed by atoms with Gasteiger partial charge in [-0.15, -0.1) is 22.7 Å². The van der Waals surface area contributed by atoms with Gasteiger partial charge in [0.15, 0.2) is 6.61 Å². The number of aryl methyl sites for hydroxylation is 1. The number of benzene rings is 2. The van der Waals surface area contributed by atoms with Gasteiger partial charge in [0.2, 0.25) is 0 Å². The van der Waals surface area contributed by atoms with E-state index in [1.54, 1.807) is 55.0 Å². The number of hydrogen-bond acceptors (Lipinski definition) is 6. The van der Waals surface area contributed by atoms with Crippen molar-refractivity contribution in [2.75, 3.05) is 26.0 Å². The van der Waals surface area contributed by atoms with E-state index in [0.29, 0.717) is 17.0 Å². The Morgan fingerprint density at radius 1 is 1.23 bits per heavy atom. The fraction of sp³-hybridized carbons (Fsp3) is 0.190. The molecule has 0 fully saturated rings. The molecular weight excluding hydrogens is 442 g/mol. The van der Waals surface area contributed by atoms with E-state index in [0.717, 1.165) is 25.3 Å². The van der Waals surface area contributed by atoms with E-state index in [1.165, 1.54) is 4.90 Å². The van der Waals surface area contributed by atoms with E-state index in [4.69, 9.17) is 16.3 Å². The Morgan fingerprint density at radius 3 is 2.77 bits per heavy atom. The number of amides is 2. The first-order valence-corrected chi connectivity index (χ1v) is 11.1. The first-order valence-electron chi connectivity index (χ1n) is 9.04. The van der Waals surface area contributed by atoms with Crippen LogP contribution in [0.5, 0.6) is 5.75 Å². The Bertz CT molecular complexity index is 1280. The predicted molar refractivity (Wildman–Crippen MR) is 123 cm³/mol. The monoisotopic (exact) mass is 459 g/mol. The van der Waals surface area contributed by atoms with Crippen LogP contribution < -0.4 is 10.1 Å². The van der Waals surface area contributed by atoms with Crippen molar-refractivity contribution in [3.8, 4) is 5.75 Å². The first kappa shape index (κ1) is 20.6. The van der Waals surface area contributed by atoms with Crippen LogP contribution in [0.2, 0.25) is 5.02 Å². The molecule has 0 aliphatic carbocycles. The van der Waals surface area contributed by atoms with Gasteiger partial charge in [-0.3, -0.25) is 9.59 Å². The van der Waals surface area contributed by atoms with Crippen LogP contribution in [0.1, 0.15) is 15.4 Å². The lowest BCUT2D eigenvalue weighted by atomic mass is 10.2. The summed E-state index contributed by atoms with van der Waals surface area (Å²) in [4.78, 5) is 30.5. The van der Waals surface area contributed by atoms with Crippen LogP contribution in [-0.2, 0) is 4.79 Å². The zero-order valence-electron chi connectivity index (χ0n) is 16.5. The number of nitrogens with zero attached hydrogens (tertiary/aromatic N) is 2. The van der Waals surface area contributed by atoms with Crippen LogP contribution >= 0.6 is 34.3 Å². The van der Waals surface area contributed by atoms with E-state index >= 15 is 0 Å². The molecule has 154 valence electrons. The van der Waals surface area contributed by atoms with Gasteiger partial charge in [0.1, 0.15) is 5.75 Å². The number of fused-ring (bicyclic) bond motifs is 3. The van der Waals surface area contributed by atoms with Gasteiger partial charge in [0.05, 0.1) is 30.5 Å². The molecule has 6 nitrogen and oxygen atoms in total. The second-order valence-electron chi connectivity index (χ2n) is 6.85. The molecule has 9 heteroatoms. The number of aromatic nitrogens is 1. The highest BCUT2D eigenvalue weighted by molar-refractivity contribution is 7.21. The summed E-state index contributed by atoms with van der Waals surface area (Å²) >= 11 is 9.41. The lowest BCUT2D eigenvalue weighted by molar-refractivity contribution is -0.118. The predicted octanol–water partition coefficient (Wildman–Crippen LogP) is 5.19. The van der Waals surface area contributed by atoms with E-state index in [-0.39, 0.29) is 23.4 Å². The van der Waals surface area contributed by atoms with E-state index in [2.05, 4.69) is 10.3 Å². The van der Waals surface area contributed by atoms with Crippen LogP contribution in [0, 0.1) is 6.92 Å². The number of carbonyl (C=O) groups excluding carboxylic acids is 2. The van der Waals surface area contributed by atoms with E-state index < -0.39 is 0 Å². The Balaban J connectivity index is 1.48. The molecule has 0 saturated heterocycles. The molecule has 0 radical (unpaired) electrons. The van der Waals surface area contributed by atoms with Gasteiger partial charge in [-0.25, -0.2) is 4.98 Å². The molecule has 30 heavy (non-hydrogen) atoms. The number of halogens is 1. The molecule has 0 aliphatic heterocycles. The minimum Gasteiger partial charge on any atom is -0.483 e. The van der Waals surface area contributed by atoms with E-state index in [9.17, 15) is 9.59 Å².